The zero-order chi connectivity index (χ0) is 50.0. The number of rotatable bonds is 12. The van der Waals surface area contributed by atoms with Gasteiger partial charge in [-0.15, -0.1) is 15.3 Å². The number of aryl methyl sites for hydroxylation is 1. The molecule has 0 atom stereocenters. The van der Waals surface area contributed by atoms with Crippen molar-refractivity contribution in [2.75, 3.05) is 47.8 Å². The van der Waals surface area contributed by atoms with E-state index >= 15 is 0 Å². The van der Waals surface area contributed by atoms with Crippen LogP contribution >= 0.6 is 0 Å². The van der Waals surface area contributed by atoms with E-state index < -0.39 is 11.8 Å². The van der Waals surface area contributed by atoms with Gasteiger partial charge >= 0.3 is 0 Å². The molecule has 2 N–H and O–H groups in total. The summed E-state index contributed by atoms with van der Waals surface area (Å²) in [6.45, 7) is 1.63. The molecule has 0 saturated heterocycles. The van der Waals surface area contributed by atoms with E-state index in [1.807, 2.05) is 147 Å². The molecule has 0 saturated carbocycles. The molecule has 17 nitrogen and oxygen atoms in total. The molecule has 0 radical (unpaired) electrons. The zero-order valence-electron chi connectivity index (χ0n) is 39.7. The predicted molar refractivity (Wildman–Crippen MR) is 281 cm³/mol. The number of anilines is 4. The highest BCUT2D eigenvalue weighted by Gasteiger charge is 2.34. The minimum absolute atomic E-state index is 0.0145. The van der Waals surface area contributed by atoms with Crippen molar-refractivity contribution in [1.29, 1.82) is 0 Å². The summed E-state index contributed by atoms with van der Waals surface area (Å²) in [7, 11) is 7.87. The summed E-state index contributed by atoms with van der Waals surface area (Å²) in [4.78, 5) is 49.1. The highest BCUT2D eigenvalue weighted by atomic mass is 16.3. The molecule has 0 aliphatic carbocycles. The second kappa shape index (κ2) is 19.2. The fraction of sp³-hybridized carbons (Fsp3) is 0.0909. The Hall–Kier alpha value is -9.90. The van der Waals surface area contributed by atoms with Gasteiger partial charge in [0, 0.05) is 50.7 Å². The third-order valence-electron chi connectivity index (χ3n) is 11.8. The van der Waals surface area contributed by atoms with E-state index in [4.69, 9.17) is 9.98 Å². The molecule has 0 bridgehead atoms. The molecule has 17 heteroatoms. The average molecular weight is 952 g/mol. The standard InChI is InChI=1S/C55H45N13O4/c1-34-47(61-59-39-24-20-37(21-25-39)49-57-45(32-35-16-28-41(29-17-35)64(2)3)53(70)66(49)43-12-8-6-9-13-43)55(72)68-51(56-34)48(52(69)63-68)62-60-40-26-22-38(23-27-40)50-58-46(33-36-18-30-42(31-19-36)65(4)5)54(71)67(50)44-14-10-7-11-15-44/h6-33,72H,1-5H3,(H,63,69)/b45-32+,46-33+,61-59?,62-60?. The van der Waals surface area contributed by atoms with Crippen LogP contribution in [0.3, 0.4) is 0 Å². The molecular formula is C55H45N13O4. The summed E-state index contributed by atoms with van der Waals surface area (Å²) in [5, 5.41) is 43.6. The van der Waals surface area contributed by atoms with Crippen LogP contribution in [0.15, 0.2) is 200 Å². The van der Waals surface area contributed by atoms with Gasteiger partial charge in [-0.3, -0.25) is 19.4 Å². The lowest BCUT2D eigenvalue weighted by atomic mass is 10.1. The summed E-state index contributed by atoms with van der Waals surface area (Å²) in [5.41, 5.74) is 8.13. The monoisotopic (exact) mass is 951 g/mol. The number of azo groups is 2. The van der Waals surface area contributed by atoms with Gasteiger partial charge in [-0.05, 0) is 127 Å². The van der Waals surface area contributed by atoms with Gasteiger partial charge < -0.3 is 20.0 Å². The van der Waals surface area contributed by atoms with Crippen LogP contribution in [0.25, 0.3) is 17.8 Å². The van der Waals surface area contributed by atoms with Gasteiger partial charge in [0.2, 0.25) is 5.88 Å². The lowest BCUT2D eigenvalue weighted by Crippen LogP contribution is -2.32. The second-order valence-corrected chi connectivity index (χ2v) is 17.1. The van der Waals surface area contributed by atoms with Gasteiger partial charge in [-0.25, -0.2) is 15.0 Å². The van der Waals surface area contributed by atoms with Crippen LogP contribution in [0.5, 0.6) is 11.8 Å². The first kappa shape index (κ1) is 45.9. The number of hydrogen-bond donors (Lipinski definition) is 2. The van der Waals surface area contributed by atoms with Crippen LogP contribution in [-0.2, 0) is 9.59 Å². The van der Waals surface area contributed by atoms with Crippen molar-refractivity contribution in [1.82, 2.24) is 14.6 Å². The van der Waals surface area contributed by atoms with Crippen molar-refractivity contribution in [2.45, 2.75) is 6.92 Å². The normalized spacial score (nSPS) is 15.0. The van der Waals surface area contributed by atoms with Crippen molar-refractivity contribution in [2.24, 2.45) is 30.4 Å². The quantitative estimate of drug-likeness (QED) is 0.0892. The average Bonchev–Trinajstić information content (AvgIpc) is 4.02. The molecule has 10 rings (SSSR count). The van der Waals surface area contributed by atoms with Crippen molar-refractivity contribution in [3.63, 3.8) is 0 Å². The molecule has 72 heavy (non-hydrogen) atoms. The predicted octanol–water partition coefficient (Wildman–Crippen LogP) is 11.1. The van der Waals surface area contributed by atoms with Crippen LogP contribution in [0, 0.1) is 6.92 Å². The van der Waals surface area contributed by atoms with Crippen molar-refractivity contribution in [3.8, 4) is 11.8 Å². The Labute approximate surface area is 413 Å². The van der Waals surface area contributed by atoms with E-state index in [2.05, 4.69) is 30.5 Å². The van der Waals surface area contributed by atoms with Crippen LogP contribution in [0.1, 0.15) is 27.9 Å². The van der Waals surface area contributed by atoms with Gasteiger partial charge in [-0.1, -0.05) is 60.7 Å². The van der Waals surface area contributed by atoms with E-state index in [1.165, 1.54) is 0 Å². The van der Waals surface area contributed by atoms with Crippen LogP contribution < -0.4 is 19.6 Å². The Morgan fingerprint density at radius 1 is 0.514 bits per heavy atom. The number of para-hydroxylation sites is 2. The number of aromatic hydroxyl groups is 2. The number of amides is 2. The molecule has 0 unspecified atom stereocenters. The Kier molecular flexibility index (Phi) is 12.3. The molecule has 2 amide bonds. The number of hydrogen-bond acceptors (Lipinski definition) is 14. The fourth-order valence-electron chi connectivity index (χ4n) is 7.99. The molecule has 2 aliphatic heterocycles. The van der Waals surface area contributed by atoms with Gasteiger partial charge in [0.05, 0.1) is 28.4 Å². The van der Waals surface area contributed by atoms with Crippen LogP contribution in [0.4, 0.5) is 45.5 Å². The molecule has 0 fully saturated rings. The number of fused-ring (bicyclic) bond motifs is 1. The number of amidine groups is 2. The maximum Gasteiger partial charge on any atom is 0.282 e. The first-order valence-electron chi connectivity index (χ1n) is 22.7. The summed E-state index contributed by atoms with van der Waals surface area (Å²) in [6, 6.07) is 48.4. The Morgan fingerprint density at radius 3 is 1.35 bits per heavy atom. The summed E-state index contributed by atoms with van der Waals surface area (Å²) in [6.07, 6.45) is 3.54. The van der Waals surface area contributed by atoms with E-state index in [1.54, 1.807) is 77.4 Å². The lowest BCUT2D eigenvalue weighted by molar-refractivity contribution is -0.114. The first-order valence-corrected chi connectivity index (χ1v) is 22.7. The molecule has 6 aromatic carbocycles. The Morgan fingerprint density at radius 2 is 0.931 bits per heavy atom. The number of carbonyl (C=O) groups is 2. The molecule has 0 spiro atoms. The first-order chi connectivity index (χ1) is 34.9. The van der Waals surface area contributed by atoms with Crippen molar-refractivity contribution < 1.29 is 19.8 Å². The van der Waals surface area contributed by atoms with Gasteiger partial charge in [0.1, 0.15) is 23.1 Å². The van der Waals surface area contributed by atoms with E-state index in [9.17, 15) is 19.8 Å². The number of aliphatic imine (C=N–C) groups is 2. The summed E-state index contributed by atoms with van der Waals surface area (Å²) < 4.78 is 1.02. The number of nitrogens with zero attached hydrogens (tertiary/aromatic N) is 13. The summed E-state index contributed by atoms with van der Waals surface area (Å²) >= 11 is 0. The Bertz CT molecular complexity index is 3570. The van der Waals surface area contributed by atoms with Gasteiger partial charge in [0.15, 0.2) is 17.0 Å². The highest BCUT2D eigenvalue weighted by molar-refractivity contribution is 6.34. The topological polar surface area (TPSA) is 192 Å². The Balaban J connectivity index is 0.877. The second-order valence-electron chi connectivity index (χ2n) is 17.1. The molecule has 2 aliphatic rings. The van der Waals surface area contributed by atoms with Gasteiger partial charge in [0.25, 0.3) is 17.7 Å². The highest BCUT2D eigenvalue weighted by Crippen LogP contribution is 2.39. The largest absolute Gasteiger partial charge is 0.492 e. The van der Waals surface area contributed by atoms with E-state index in [-0.39, 0.29) is 34.5 Å². The molecule has 8 aromatic rings. The number of benzene rings is 6. The fourth-order valence-corrected chi connectivity index (χ4v) is 7.99. The van der Waals surface area contributed by atoms with Crippen LogP contribution in [-0.4, -0.2) is 76.5 Å². The summed E-state index contributed by atoms with van der Waals surface area (Å²) in [5.74, 6) is -0.571. The molecule has 2 aromatic heterocycles. The number of aromatic nitrogens is 3. The third kappa shape index (κ3) is 9.07. The van der Waals surface area contributed by atoms with E-state index in [0.29, 0.717) is 56.9 Å². The molecule has 354 valence electrons. The zero-order valence-corrected chi connectivity index (χ0v) is 39.7. The minimum atomic E-state index is -0.520. The van der Waals surface area contributed by atoms with Crippen molar-refractivity contribution >= 4 is 86.8 Å². The maximum atomic E-state index is 13.9. The smallest absolute Gasteiger partial charge is 0.282 e. The van der Waals surface area contributed by atoms with Gasteiger partial charge in [-0.2, -0.15) is 14.7 Å². The maximum absolute atomic E-state index is 13.9. The SMILES string of the molecule is Cc1nc2c(N=Nc3ccc(C4=N/C(=C/c5ccc(N(C)C)cc5)C(=O)N4c4ccccc4)cc3)c(O)nn2c(O)c1N=Nc1ccc(C2=N/C(=C/c3ccc(N(C)C)cc3)C(=O)N2c2ccccc2)cc1. The lowest BCUT2D eigenvalue weighted by Gasteiger charge is -2.18. The van der Waals surface area contributed by atoms with E-state index in [0.717, 1.165) is 27.0 Å². The molecular weight excluding hydrogens is 907 g/mol. The van der Waals surface area contributed by atoms with Crippen LogP contribution in [0.2, 0.25) is 0 Å². The third-order valence-corrected chi connectivity index (χ3v) is 11.8. The number of carbonyl (C=O) groups excluding carboxylic acids is 2. The van der Waals surface area contributed by atoms with Crippen molar-refractivity contribution in [3.05, 3.63) is 197 Å². The molecule has 4 heterocycles. The minimum Gasteiger partial charge on any atom is -0.492 e.